The van der Waals surface area contributed by atoms with E-state index in [0.29, 0.717) is 6.42 Å². The van der Waals surface area contributed by atoms with Gasteiger partial charge in [-0.05, 0) is 42.0 Å². The molecule has 1 heterocycles. The molecular weight excluding hydrogens is 322 g/mol. The standard InChI is InChI=1S/C23H23NO2/c1-3-15(2)26-18-11-8-17(9-12-18)21-14-22(25)24-23-19-7-5-4-6-16(19)10-13-20(21)23/h4-13,15,21H,3,14H2,1-2H3,(H,24,25)/t15-,21-/m1/s1. The molecule has 0 saturated heterocycles. The minimum absolute atomic E-state index is 0.0683. The Kier molecular flexibility index (Phi) is 4.37. The van der Waals surface area contributed by atoms with E-state index in [-0.39, 0.29) is 17.9 Å². The van der Waals surface area contributed by atoms with Crippen molar-refractivity contribution in [3.63, 3.8) is 0 Å². The molecule has 3 nitrogen and oxygen atoms in total. The van der Waals surface area contributed by atoms with Gasteiger partial charge in [0.25, 0.3) is 0 Å². The fraction of sp³-hybridized carbons (Fsp3) is 0.261. The number of carbonyl (C=O) groups excluding carboxylic acids is 1. The van der Waals surface area contributed by atoms with Gasteiger partial charge in [-0.15, -0.1) is 0 Å². The number of rotatable bonds is 4. The van der Waals surface area contributed by atoms with Crippen LogP contribution in [0, 0.1) is 0 Å². The highest BCUT2D eigenvalue weighted by Gasteiger charge is 2.27. The molecule has 4 rings (SSSR count). The predicted octanol–water partition coefficient (Wildman–Crippen LogP) is 5.49. The highest BCUT2D eigenvalue weighted by Crippen LogP contribution is 2.41. The molecule has 1 N–H and O–H groups in total. The summed E-state index contributed by atoms with van der Waals surface area (Å²) in [6.45, 7) is 4.18. The molecule has 0 bridgehead atoms. The second-order valence-corrected chi connectivity index (χ2v) is 6.96. The Balaban J connectivity index is 1.72. The Morgan fingerprint density at radius 1 is 1.08 bits per heavy atom. The van der Waals surface area contributed by atoms with Crippen molar-refractivity contribution in [3.05, 3.63) is 71.8 Å². The SMILES string of the molecule is CC[C@@H](C)Oc1ccc([C@H]2CC(=O)Nc3c2ccc2ccccc32)cc1. The first-order valence-corrected chi connectivity index (χ1v) is 9.24. The zero-order valence-electron chi connectivity index (χ0n) is 15.2. The van der Waals surface area contributed by atoms with Crippen LogP contribution < -0.4 is 10.1 Å². The zero-order chi connectivity index (χ0) is 18.1. The fourth-order valence-electron chi connectivity index (χ4n) is 3.60. The van der Waals surface area contributed by atoms with Crippen molar-refractivity contribution in [2.75, 3.05) is 5.32 Å². The van der Waals surface area contributed by atoms with Crippen molar-refractivity contribution in [2.45, 2.75) is 38.7 Å². The van der Waals surface area contributed by atoms with Crippen LogP contribution in [0.5, 0.6) is 5.75 Å². The first-order chi connectivity index (χ1) is 12.7. The lowest BCUT2D eigenvalue weighted by atomic mass is 9.83. The molecular formula is C23H23NO2. The number of hydrogen-bond acceptors (Lipinski definition) is 2. The number of anilines is 1. The van der Waals surface area contributed by atoms with Gasteiger partial charge in [0.15, 0.2) is 0 Å². The maximum Gasteiger partial charge on any atom is 0.225 e. The van der Waals surface area contributed by atoms with Crippen LogP contribution >= 0.6 is 0 Å². The van der Waals surface area contributed by atoms with E-state index in [0.717, 1.165) is 34.2 Å². The van der Waals surface area contributed by atoms with Crippen molar-refractivity contribution >= 4 is 22.4 Å². The fourth-order valence-corrected chi connectivity index (χ4v) is 3.60. The monoisotopic (exact) mass is 345 g/mol. The summed E-state index contributed by atoms with van der Waals surface area (Å²) in [6, 6.07) is 20.6. The van der Waals surface area contributed by atoms with Crippen molar-refractivity contribution in [1.29, 1.82) is 0 Å². The molecule has 0 saturated carbocycles. The average Bonchev–Trinajstić information content (AvgIpc) is 2.67. The van der Waals surface area contributed by atoms with Gasteiger partial charge in [-0.3, -0.25) is 4.79 Å². The van der Waals surface area contributed by atoms with Crippen LogP contribution in [0.4, 0.5) is 5.69 Å². The Hall–Kier alpha value is -2.81. The van der Waals surface area contributed by atoms with Gasteiger partial charge in [-0.25, -0.2) is 0 Å². The number of amides is 1. The third-order valence-corrected chi connectivity index (χ3v) is 5.19. The highest BCUT2D eigenvalue weighted by molar-refractivity contribution is 6.06. The van der Waals surface area contributed by atoms with Crippen molar-refractivity contribution in [1.82, 2.24) is 0 Å². The Bertz CT molecular complexity index is 946. The van der Waals surface area contributed by atoms with Crippen LogP contribution in [0.2, 0.25) is 0 Å². The Morgan fingerprint density at radius 2 is 1.85 bits per heavy atom. The smallest absolute Gasteiger partial charge is 0.225 e. The van der Waals surface area contributed by atoms with Gasteiger partial charge in [0.05, 0.1) is 11.8 Å². The van der Waals surface area contributed by atoms with E-state index in [2.05, 4.69) is 55.6 Å². The third kappa shape index (κ3) is 3.05. The summed E-state index contributed by atoms with van der Waals surface area (Å²) < 4.78 is 5.87. The summed E-state index contributed by atoms with van der Waals surface area (Å²) in [4.78, 5) is 12.4. The number of benzene rings is 3. The number of ether oxygens (including phenoxy) is 1. The van der Waals surface area contributed by atoms with Crippen LogP contribution in [0.15, 0.2) is 60.7 Å². The normalized spacial score (nSPS) is 17.5. The molecule has 132 valence electrons. The van der Waals surface area contributed by atoms with Gasteiger partial charge < -0.3 is 10.1 Å². The van der Waals surface area contributed by atoms with E-state index in [1.807, 2.05) is 24.3 Å². The van der Waals surface area contributed by atoms with Gasteiger partial charge in [0.2, 0.25) is 5.91 Å². The van der Waals surface area contributed by atoms with Gasteiger partial charge in [0.1, 0.15) is 5.75 Å². The van der Waals surface area contributed by atoms with Crippen LogP contribution in [0.1, 0.15) is 43.7 Å². The Labute approximate surface area is 154 Å². The topological polar surface area (TPSA) is 38.3 Å². The lowest BCUT2D eigenvalue weighted by Crippen LogP contribution is -2.23. The molecule has 0 aliphatic carbocycles. The minimum Gasteiger partial charge on any atom is -0.491 e. The largest absolute Gasteiger partial charge is 0.491 e. The summed E-state index contributed by atoms with van der Waals surface area (Å²) in [5, 5.41) is 5.32. The number of nitrogens with one attached hydrogen (secondary N) is 1. The van der Waals surface area contributed by atoms with Gasteiger partial charge in [0, 0.05) is 17.7 Å². The molecule has 0 fully saturated rings. The molecule has 0 spiro atoms. The summed E-state index contributed by atoms with van der Waals surface area (Å²) in [7, 11) is 0. The van der Waals surface area contributed by atoms with Crippen LogP contribution in [-0.4, -0.2) is 12.0 Å². The van der Waals surface area contributed by atoms with Crippen molar-refractivity contribution in [2.24, 2.45) is 0 Å². The van der Waals surface area contributed by atoms with E-state index >= 15 is 0 Å². The summed E-state index contributed by atoms with van der Waals surface area (Å²) in [6.07, 6.45) is 1.65. The van der Waals surface area contributed by atoms with E-state index < -0.39 is 0 Å². The molecule has 0 aromatic heterocycles. The summed E-state index contributed by atoms with van der Waals surface area (Å²) in [5.74, 6) is 1.02. The maximum atomic E-state index is 12.4. The molecule has 0 radical (unpaired) electrons. The van der Waals surface area contributed by atoms with E-state index in [9.17, 15) is 4.79 Å². The van der Waals surface area contributed by atoms with Gasteiger partial charge >= 0.3 is 0 Å². The second-order valence-electron chi connectivity index (χ2n) is 6.96. The van der Waals surface area contributed by atoms with Crippen LogP contribution in [0.3, 0.4) is 0 Å². The van der Waals surface area contributed by atoms with E-state index in [4.69, 9.17) is 4.74 Å². The quantitative estimate of drug-likeness (QED) is 0.679. The minimum atomic E-state index is 0.0683. The van der Waals surface area contributed by atoms with Crippen molar-refractivity contribution in [3.8, 4) is 5.75 Å². The van der Waals surface area contributed by atoms with Crippen molar-refractivity contribution < 1.29 is 9.53 Å². The number of hydrogen-bond donors (Lipinski definition) is 1. The molecule has 1 aliphatic heterocycles. The third-order valence-electron chi connectivity index (χ3n) is 5.19. The molecule has 0 unspecified atom stereocenters. The molecule has 1 amide bonds. The number of carbonyl (C=O) groups is 1. The number of fused-ring (bicyclic) bond motifs is 3. The molecule has 3 aromatic carbocycles. The molecule has 3 aromatic rings. The lowest BCUT2D eigenvalue weighted by Gasteiger charge is -2.27. The van der Waals surface area contributed by atoms with Crippen LogP contribution in [0.25, 0.3) is 10.8 Å². The molecule has 3 heteroatoms. The molecule has 2 atom stereocenters. The second kappa shape index (κ2) is 6.83. The highest BCUT2D eigenvalue weighted by atomic mass is 16.5. The van der Waals surface area contributed by atoms with E-state index in [1.165, 1.54) is 5.56 Å². The molecule has 1 aliphatic rings. The first-order valence-electron chi connectivity index (χ1n) is 9.24. The zero-order valence-corrected chi connectivity index (χ0v) is 15.2. The first kappa shape index (κ1) is 16.6. The van der Waals surface area contributed by atoms with Crippen LogP contribution in [-0.2, 0) is 4.79 Å². The average molecular weight is 345 g/mol. The van der Waals surface area contributed by atoms with E-state index in [1.54, 1.807) is 0 Å². The van der Waals surface area contributed by atoms with Gasteiger partial charge in [-0.1, -0.05) is 55.5 Å². The summed E-state index contributed by atoms with van der Waals surface area (Å²) in [5.41, 5.74) is 3.27. The Morgan fingerprint density at radius 3 is 2.62 bits per heavy atom. The predicted molar refractivity (Wildman–Crippen MR) is 106 cm³/mol. The maximum absolute atomic E-state index is 12.4. The lowest BCUT2D eigenvalue weighted by molar-refractivity contribution is -0.116. The van der Waals surface area contributed by atoms with Gasteiger partial charge in [-0.2, -0.15) is 0 Å². The molecule has 26 heavy (non-hydrogen) atoms. The summed E-state index contributed by atoms with van der Waals surface area (Å²) >= 11 is 0.